The Labute approximate surface area is 166 Å². The van der Waals surface area contributed by atoms with Crippen LogP contribution in [0.1, 0.15) is 54.1 Å². The second-order valence-corrected chi connectivity index (χ2v) is 8.55. The number of nitrogens with zero attached hydrogens (tertiary/aromatic N) is 3. The summed E-state index contributed by atoms with van der Waals surface area (Å²) in [5, 5.41) is 21.2. The van der Waals surface area contributed by atoms with E-state index in [9.17, 15) is 20.0 Å². The number of aromatic carboxylic acids is 1. The molecule has 1 aromatic carbocycles. The molecule has 0 radical (unpaired) electrons. The first kappa shape index (κ1) is 18.1. The van der Waals surface area contributed by atoms with Crippen LogP contribution in [-0.2, 0) is 0 Å². The Morgan fingerprint density at radius 1 is 1.34 bits per heavy atom. The molecule has 150 valence electrons. The topological polar surface area (TPSA) is 115 Å². The molecule has 2 heterocycles. The second-order valence-electron chi connectivity index (χ2n) is 8.55. The molecule has 2 saturated carbocycles. The van der Waals surface area contributed by atoms with Gasteiger partial charge >= 0.3 is 0 Å². The minimum absolute atomic E-state index is 0.00767. The van der Waals surface area contributed by atoms with Crippen LogP contribution >= 0.6 is 0 Å². The molecule has 1 aromatic heterocycles. The SMILES string of the molecule is N#Cc1c(N2CCC(C3(N)CC3)C2)c(F)cc2c(=O)c(C(=O)[O-])cn(C3CC3)c12. The number of carboxylic acid groups (broad SMARTS) is 1. The number of carboxylic acids is 1. The van der Waals surface area contributed by atoms with Crippen molar-refractivity contribution >= 4 is 22.6 Å². The fraction of sp³-hybridized carbons (Fsp3) is 0.476. The monoisotopic (exact) mass is 395 g/mol. The lowest BCUT2D eigenvalue weighted by molar-refractivity contribution is -0.255. The van der Waals surface area contributed by atoms with E-state index in [1.54, 1.807) is 4.57 Å². The van der Waals surface area contributed by atoms with E-state index < -0.39 is 22.8 Å². The predicted octanol–water partition coefficient (Wildman–Crippen LogP) is 1.03. The minimum atomic E-state index is -1.60. The third kappa shape index (κ3) is 2.72. The molecule has 2 N–H and O–H groups in total. The average Bonchev–Trinajstić information content (AvgIpc) is 3.61. The van der Waals surface area contributed by atoms with Crippen molar-refractivity contribution in [3.63, 3.8) is 0 Å². The lowest BCUT2D eigenvalue weighted by atomic mass is 9.97. The summed E-state index contributed by atoms with van der Waals surface area (Å²) >= 11 is 0. The van der Waals surface area contributed by atoms with Crippen molar-refractivity contribution in [1.82, 2.24) is 4.57 Å². The fourth-order valence-corrected chi connectivity index (χ4v) is 4.66. The first-order valence-corrected chi connectivity index (χ1v) is 9.90. The molecule has 2 aliphatic carbocycles. The van der Waals surface area contributed by atoms with Crippen LogP contribution in [-0.4, -0.2) is 29.2 Å². The van der Waals surface area contributed by atoms with Gasteiger partial charge in [0.15, 0.2) is 5.43 Å². The molecular formula is C21H20FN4O3-. The van der Waals surface area contributed by atoms with Crippen molar-refractivity contribution in [2.75, 3.05) is 18.0 Å². The van der Waals surface area contributed by atoms with Crippen LogP contribution in [0.5, 0.6) is 0 Å². The van der Waals surface area contributed by atoms with Crippen LogP contribution in [0.15, 0.2) is 17.1 Å². The van der Waals surface area contributed by atoms with Crippen LogP contribution < -0.4 is 21.2 Å². The Bertz CT molecular complexity index is 1160. The van der Waals surface area contributed by atoms with Gasteiger partial charge in [0, 0.05) is 30.9 Å². The molecule has 29 heavy (non-hydrogen) atoms. The lowest BCUT2D eigenvalue weighted by Crippen LogP contribution is -2.35. The molecule has 1 atom stereocenters. The third-order valence-electron chi connectivity index (χ3n) is 6.66. The Balaban J connectivity index is 1.72. The number of carbonyl (C=O) groups excluding carboxylic acids is 1. The minimum Gasteiger partial charge on any atom is -0.545 e. The normalized spacial score (nSPS) is 22.7. The summed E-state index contributed by atoms with van der Waals surface area (Å²) in [5.74, 6) is -2.05. The Morgan fingerprint density at radius 2 is 2.07 bits per heavy atom. The number of hydrogen-bond donors (Lipinski definition) is 1. The molecule has 1 unspecified atom stereocenters. The number of pyridine rings is 1. The maximum Gasteiger partial charge on any atom is 0.198 e. The van der Waals surface area contributed by atoms with E-state index in [0.717, 1.165) is 38.2 Å². The number of nitrogens with two attached hydrogens (primary N) is 1. The Kier molecular flexibility index (Phi) is 3.77. The van der Waals surface area contributed by atoms with E-state index in [1.807, 2.05) is 4.90 Å². The van der Waals surface area contributed by atoms with Crippen molar-refractivity contribution in [2.45, 2.75) is 43.7 Å². The molecule has 0 bridgehead atoms. The predicted molar refractivity (Wildman–Crippen MR) is 102 cm³/mol. The van der Waals surface area contributed by atoms with E-state index in [0.29, 0.717) is 18.6 Å². The molecule has 2 aromatic rings. The second kappa shape index (κ2) is 6.04. The quantitative estimate of drug-likeness (QED) is 0.827. The molecule has 3 aliphatic rings. The highest BCUT2D eigenvalue weighted by Crippen LogP contribution is 2.46. The highest BCUT2D eigenvalue weighted by atomic mass is 19.1. The van der Waals surface area contributed by atoms with Crippen LogP contribution in [0.3, 0.4) is 0 Å². The van der Waals surface area contributed by atoms with Crippen LogP contribution in [0.2, 0.25) is 0 Å². The number of anilines is 1. The van der Waals surface area contributed by atoms with E-state index >= 15 is 4.39 Å². The number of halogens is 1. The zero-order chi connectivity index (χ0) is 20.5. The zero-order valence-corrected chi connectivity index (χ0v) is 15.8. The van der Waals surface area contributed by atoms with Crippen molar-refractivity contribution in [3.8, 4) is 6.07 Å². The molecule has 0 spiro atoms. The molecule has 7 nitrogen and oxygen atoms in total. The van der Waals surface area contributed by atoms with Crippen LogP contribution in [0, 0.1) is 23.1 Å². The molecule has 0 amide bonds. The molecule has 5 rings (SSSR count). The van der Waals surface area contributed by atoms with Crippen LogP contribution in [0.25, 0.3) is 10.9 Å². The van der Waals surface area contributed by atoms with Gasteiger partial charge in [-0.1, -0.05) is 0 Å². The molecule has 3 fully saturated rings. The number of nitriles is 1. The number of fused-ring (bicyclic) bond motifs is 1. The molecule has 1 saturated heterocycles. The van der Waals surface area contributed by atoms with Crippen molar-refractivity contribution < 1.29 is 14.3 Å². The van der Waals surface area contributed by atoms with Crippen molar-refractivity contribution in [1.29, 1.82) is 5.26 Å². The van der Waals surface area contributed by atoms with Gasteiger partial charge in [0.2, 0.25) is 0 Å². The maximum absolute atomic E-state index is 15.2. The lowest BCUT2D eigenvalue weighted by Gasteiger charge is -2.24. The highest BCUT2D eigenvalue weighted by molar-refractivity contribution is 5.96. The number of benzene rings is 1. The van der Waals surface area contributed by atoms with E-state index in [1.165, 1.54) is 6.20 Å². The number of hydrogen-bond acceptors (Lipinski definition) is 6. The Morgan fingerprint density at radius 3 is 2.66 bits per heavy atom. The third-order valence-corrected chi connectivity index (χ3v) is 6.66. The van der Waals surface area contributed by atoms with Crippen LogP contribution in [0.4, 0.5) is 10.1 Å². The molecular weight excluding hydrogens is 375 g/mol. The van der Waals surface area contributed by atoms with Gasteiger partial charge in [-0.2, -0.15) is 5.26 Å². The smallest absolute Gasteiger partial charge is 0.198 e. The highest BCUT2D eigenvalue weighted by Gasteiger charge is 2.48. The average molecular weight is 395 g/mol. The summed E-state index contributed by atoms with van der Waals surface area (Å²) < 4.78 is 16.8. The summed E-state index contributed by atoms with van der Waals surface area (Å²) in [7, 11) is 0. The van der Waals surface area contributed by atoms with Gasteiger partial charge in [-0.05, 0) is 44.1 Å². The van der Waals surface area contributed by atoms with E-state index in [2.05, 4.69) is 6.07 Å². The summed E-state index contributed by atoms with van der Waals surface area (Å²) in [6.07, 6.45) is 5.62. The van der Waals surface area contributed by atoms with Gasteiger partial charge in [-0.25, -0.2) is 4.39 Å². The fourth-order valence-electron chi connectivity index (χ4n) is 4.66. The maximum atomic E-state index is 15.2. The largest absolute Gasteiger partial charge is 0.545 e. The van der Waals surface area contributed by atoms with Gasteiger partial charge in [0.05, 0.1) is 28.1 Å². The van der Waals surface area contributed by atoms with Gasteiger partial charge in [-0.15, -0.1) is 0 Å². The zero-order valence-electron chi connectivity index (χ0n) is 15.8. The van der Waals surface area contributed by atoms with Gasteiger partial charge < -0.3 is 25.1 Å². The Hall–Kier alpha value is -2.92. The number of carbonyl (C=O) groups is 1. The van der Waals surface area contributed by atoms with Crippen molar-refractivity contribution in [3.05, 3.63) is 39.4 Å². The molecule has 8 heteroatoms. The summed E-state index contributed by atoms with van der Waals surface area (Å²) in [4.78, 5) is 25.9. The van der Waals surface area contributed by atoms with E-state index in [4.69, 9.17) is 5.73 Å². The summed E-state index contributed by atoms with van der Waals surface area (Å²) in [6.45, 7) is 1.16. The number of aromatic nitrogens is 1. The first-order chi connectivity index (χ1) is 13.8. The van der Waals surface area contributed by atoms with Crippen molar-refractivity contribution in [2.24, 2.45) is 11.7 Å². The summed E-state index contributed by atoms with van der Waals surface area (Å²) in [5.41, 5.74) is 5.38. The van der Waals surface area contributed by atoms with Gasteiger partial charge in [-0.3, -0.25) is 4.79 Å². The molecule has 1 aliphatic heterocycles. The van der Waals surface area contributed by atoms with Gasteiger partial charge in [0.25, 0.3) is 0 Å². The van der Waals surface area contributed by atoms with Gasteiger partial charge in [0.1, 0.15) is 17.4 Å². The first-order valence-electron chi connectivity index (χ1n) is 9.90. The standard InChI is InChI=1S/C21H21FN4O3/c22-16-7-13-17(26(12-1-2-12)10-15(19(13)27)20(28)29)14(8-23)18(16)25-6-3-11(9-25)21(24)4-5-21/h7,10-12H,1-6,9,24H2,(H,28,29)/p-1. The summed E-state index contributed by atoms with van der Waals surface area (Å²) in [6, 6.07) is 3.15. The van der Waals surface area contributed by atoms with E-state index in [-0.39, 0.29) is 34.1 Å². The number of rotatable bonds is 4.